The topological polar surface area (TPSA) is 92.8 Å². The lowest BCUT2D eigenvalue weighted by molar-refractivity contribution is -0.120. The Morgan fingerprint density at radius 3 is 2.68 bits per heavy atom. The minimum Gasteiger partial charge on any atom is -0.465 e. The zero-order valence-electron chi connectivity index (χ0n) is 14.3. The van der Waals surface area contributed by atoms with Crippen LogP contribution in [0, 0.1) is 0 Å². The van der Waals surface area contributed by atoms with Crippen molar-refractivity contribution in [2.75, 3.05) is 25.2 Å². The quantitative estimate of drug-likeness (QED) is 0.796. The number of aryl methyl sites for hydroxylation is 1. The molecule has 9 heteroatoms. The van der Waals surface area contributed by atoms with Crippen molar-refractivity contribution in [3.63, 3.8) is 0 Å². The van der Waals surface area contributed by atoms with Crippen molar-refractivity contribution >= 4 is 38.2 Å². The zero-order valence-corrected chi connectivity index (χ0v) is 16.0. The van der Waals surface area contributed by atoms with Gasteiger partial charge >= 0.3 is 5.97 Å². The summed E-state index contributed by atoms with van der Waals surface area (Å²) in [6, 6.07) is -0.730. The SMILES string of the molecule is COC(=O)c1c(NC(=O)C2CCCCN2S(C)(=O)=O)sc2c1CCC2. The summed E-state index contributed by atoms with van der Waals surface area (Å²) in [4.78, 5) is 26.0. The van der Waals surface area contributed by atoms with E-state index in [1.165, 1.54) is 22.8 Å². The van der Waals surface area contributed by atoms with Crippen LogP contribution in [0.5, 0.6) is 0 Å². The Labute approximate surface area is 151 Å². The molecule has 3 rings (SSSR count). The van der Waals surface area contributed by atoms with E-state index >= 15 is 0 Å². The maximum absolute atomic E-state index is 12.8. The average molecular weight is 386 g/mol. The molecule has 0 saturated carbocycles. The molecule has 1 saturated heterocycles. The molecule has 0 bridgehead atoms. The molecule has 1 aromatic rings. The van der Waals surface area contributed by atoms with Gasteiger partial charge in [0, 0.05) is 11.4 Å². The van der Waals surface area contributed by atoms with Gasteiger partial charge in [-0.25, -0.2) is 13.2 Å². The monoisotopic (exact) mass is 386 g/mol. The van der Waals surface area contributed by atoms with Gasteiger partial charge in [-0.05, 0) is 37.7 Å². The molecule has 1 unspecified atom stereocenters. The van der Waals surface area contributed by atoms with Gasteiger partial charge in [0.2, 0.25) is 15.9 Å². The van der Waals surface area contributed by atoms with Crippen molar-refractivity contribution in [3.8, 4) is 0 Å². The largest absolute Gasteiger partial charge is 0.465 e. The van der Waals surface area contributed by atoms with Crippen LogP contribution >= 0.6 is 11.3 Å². The van der Waals surface area contributed by atoms with Crippen molar-refractivity contribution in [2.24, 2.45) is 0 Å². The van der Waals surface area contributed by atoms with E-state index in [2.05, 4.69) is 5.32 Å². The maximum Gasteiger partial charge on any atom is 0.341 e. The first-order chi connectivity index (χ1) is 11.8. The number of sulfonamides is 1. The number of carbonyl (C=O) groups is 2. The van der Waals surface area contributed by atoms with Crippen LogP contribution in [0.25, 0.3) is 0 Å². The van der Waals surface area contributed by atoms with Crippen LogP contribution in [0.15, 0.2) is 0 Å². The first-order valence-corrected chi connectivity index (χ1v) is 11.0. The molecule has 1 atom stereocenters. The molecule has 138 valence electrons. The fourth-order valence-electron chi connectivity index (χ4n) is 3.57. The van der Waals surface area contributed by atoms with Crippen LogP contribution in [-0.2, 0) is 32.4 Å². The Balaban J connectivity index is 1.87. The molecular formula is C16H22N2O5S2. The second-order valence-corrected chi connectivity index (χ2v) is 9.47. The summed E-state index contributed by atoms with van der Waals surface area (Å²) in [5, 5.41) is 3.27. The van der Waals surface area contributed by atoms with Crippen molar-refractivity contribution < 1.29 is 22.7 Å². The van der Waals surface area contributed by atoms with Gasteiger partial charge in [0.25, 0.3) is 0 Å². The fourth-order valence-corrected chi connectivity index (χ4v) is 5.97. The Morgan fingerprint density at radius 2 is 2.00 bits per heavy atom. The average Bonchev–Trinajstić information content (AvgIpc) is 3.14. The van der Waals surface area contributed by atoms with Gasteiger partial charge in [-0.1, -0.05) is 6.42 Å². The van der Waals surface area contributed by atoms with Gasteiger partial charge in [-0.3, -0.25) is 4.79 Å². The number of carbonyl (C=O) groups excluding carboxylic acids is 2. The number of piperidine rings is 1. The Kier molecular flexibility index (Phi) is 5.17. The van der Waals surface area contributed by atoms with E-state index in [0.717, 1.165) is 48.8 Å². The summed E-state index contributed by atoms with van der Waals surface area (Å²) in [5.74, 6) is -0.839. The van der Waals surface area contributed by atoms with E-state index in [4.69, 9.17) is 4.74 Å². The molecule has 1 N–H and O–H groups in total. The van der Waals surface area contributed by atoms with Gasteiger partial charge in [0.15, 0.2) is 0 Å². The van der Waals surface area contributed by atoms with Crippen LogP contribution in [0.3, 0.4) is 0 Å². The number of methoxy groups -OCH3 is 1. The summed E-state index contributed by atoms with van der Waals surface area (Å²) in [6.07, 6.45) is 5.83. The number of nitrogens with zero attached hydrogens (tertiary/aromatic N) is 1. The molecule has 7 nitrogen and oxygen atoms in total. The third-order valence-electron chi connectivity index (χ3n) is 4.73. The normalized spacial score (nSPS) is 21.0. The van der Waals surface area contributed by atoms with Gasteiger partial charge < -0.3 is 10.1 Å². The number of nitrogens with one attached hydrogen (secondary N) is 1. The second kappa shape index (κ2) is 7.05. The van der Waals surface area contributed by atoms with Gasteiger partial charge in [0.05, 0.1) is 18.9 Å². The van der Waals surface area contributed by atoms with Crippen molar-refractivity contribution in [1.82, 2.24) is 4.31 Å². The molecule has 1 aromatic heterocycles. The van der Waals surface area contributed by atoms with E-state index in [-0.39, 0.29) is 5.91 Å². The van der Waals surface area contributed by atoms with Crippen molar-refractivity contribution in [1.29, 1.82) is 0 Å². The summed E-state index contributed by atoms with van der Waals surface area (Å²) < 4.78 is 30.1. The highest BCUT2D eigenvalue weighted by atomic mass is 32.2. The number of anilines is 1. The highest BCUT2D eigenvalue weighted by molar-refractivity contribution is 7.88. The fraction of sp³-hybridized carbons (Fsp3) is 0.625. The number of hydrogen-bond donors (Lipinski definition) is 1. The number of amides is 1. The third kappa shape index (κ3) is 3.58. The van der Waals surface area contributed by atoms with E-state index < -0.39 is 22.0 Å². The van der Waals surface area contributed by atoms with Crippen LogP contribution in [0.1, 0.15) is 46.5 Å². The van der Waals surface area contributed by atoms with E-state index in [9.17, 15) is 18.0 Å². The van der Waals surface area contributed by atoms with Crippen LogP contribution in [-0.4, -0.2) is 50.6 Å². The molecule has 1 amide bonds. The lowest BCUT2D eigenvalue weighted by Crippen LogP contribution is -2.49. The molecule has 1 fully saturated rings. The molecule has 2 heterocycles. The highest BCUT2D eigenvalue weighted by Gasteiger charge is 2.36. The summed E-state index contributed by atoms with van der Waals surface area (Å²) >= 11 is 1.39. The number of fused-ring (bicyclic) bond motifs is 1. The number of thiophene rings is 1. The molecule has 25 heavy (non-hydrogen) atoms. The van der Waals surface area contributed by atoms with E-state index in [0.29, 0.717) is 23.5 Å². The number of ether oxygens (including phenoxy) is 1. The van der Waals surface area contributed by atoms with Crippen LogP contribution in [0.2, 0.25) is 0 Å². The predicted molar refractivity (Wildman–Crippen MR) is 95.5 cm³/mol. The zero-order chi connectivity index (χ0) is 18.2. The lowest BCUT2D eigenvalue weighted by Gasteiger charge is -2.32. The van der Waals surface area contributed by atoms with Crippen LogP contribution in [0.4, 0.5) is 5.00 Å². The highest BCUT2D eigenvalue weighted by Crippen LogP contribution is 2.39. The Morgan fingerprint density at radius 1 is 1.24 bits per heavy atom. The standard InChI is InChI=1S/C16H22N2O5S2/c1-23-16(20)13-10-6-5-8-12(10)24-15(13)17-14(19)11-7-3-4-9-18(11)25(2,21)22/h11H,3-9H2,1-2H3,(H,17,19). The molecule has 1 aliphatic carbocycles. The Hall–Kier alpha value is -1.45. The predicted octanol–water partition coefficient (Wildman–Crippen LogP) is 1.78. The first-order valence-electron chi connectivity index (χ1n) is 8.33. The van der Waals surface area contributed by atoms with Crippen LogP contribution < -0.4 is 5.32 Å². The third-order valence-corrected chi connectivity index (χ3v) is 7.23. The van der Waals surface area contributed by atoms with Gasteiger partial charge in [0.1, 0.15) is 11.0 Å². The number of rotatable bonds is 4. The summed E-state index contributed by atoms with van der Waals surface area (Å²) in [6.45, 7) is 0.349. The molecule has 0 radical (unpaired) electrons. The van der Waals surface area contributed by atoms with Crippen molar-refractivity contribution in [3.05, 3.63) is 16.0 Å². The molecule has 0 spiro atoms. The van der Waals surface area contributed by atoms with Gasteiger partial charge in [-0.15, -0.1) is 11.3 Å². The number of esters is 1. The van der Waals surface area contributed by atoms with E-state index in [1.54, 1.807) is 0 Å². The second-order valence-electron chi connectivity index (χ2n) is 6.43. The lowest BCUT2D eigenvalue weighted by atomic mass is 10.0. The number of hydrogen-bond acceptors (Lipinski definition) is 6. The molecular weight excluding hydrogens is 364 g/mol. The Bertz CT molecular complexity index is 800. The maximum atomic E-state index is 12.8. The summed E-state index contributed by atoms with van der Waals surface area (Å²) in [7, 11) is -2.14. The minimum absolute atomic E-state index is 0.349. The van der Waals surface area contributed by atoms with Crippen molar-refractivity contribution in [2.45, 2.75) is 44.6 Å². The van der Waals surface area contributed by atoms with E-state index in [1.807, 2.05) is 0 Å². The molecule has 1 aliphatic heterocycles. The minimum atomic E-state index is -3.46. The smallest absolute Gasteiger partial charge is 0.341 e. The molecule has 0 aromatic carbocycles. The van der Waals surface area contributed by atoms with Gasteiger partial charge in [-0.2, -0.15) is 4.31 Å². The summed E-state index contributed by atoms with van der Waals surface area (Å²) in [5.41, 5.74) is 1.38. The first kappa shape index (κ1) is 18.3. The molecule has 2 aliphatic rings.